The normalized spacial score (nSPS) is 41.1. The fourth-order valence-electron chi connectivity index (χ4n) is 2.30. The van der Waals surface area contributed by atoms with Gasteiger partial charge in [0.15, 0.2) is 6.04 Å². The maximum Gasteiger partial charge on any atom is 0.213 e. The van der Waals surface area contributed by atoms with E-state index in [1.54, 1.807) is 7.11 Å². The van der Waals surface area contributed by atoms with Crippen LogP contribution >= 0.6 is 0 Å². The van der Waals surface area contributed by atoms with Crippen LogP contribution in [0, 0.1) is 5.92 Å². The number of rotatable bonds is 3. The van der Waals surface area contributed by atoms with Gasteiger partial charge < -0.3 is 24.2 Å². The Kier molecular flexibility index (Phi) is 4.31. The Labute approximate surface area is 97.2 Å². The first kappa shape index (κ1) is 13.9. The molecule has 0 spiro atoms. The molecule has 1 fully saturated rings. The van der Waals surface area contributed by atoms with Gasteiger partial charge in [0, 0.05) is 13.0 Å². The Bertz CT molecular complexity index is 227. The predicted molar refractivity (Wildman–Crippen MR) is 59.7 cm³/mol. The van der Waals surface area contributed by atoms with E-state index in [0.29, 0.717) is 4.48 Å². The van der Waals surface area contributed by atoms with Crippen LogP contribution in [0.5, 0.6) is 0 Å². The summed E-state index contributed by atoms with van der Waals surface area (Å²) in [6, 6.07) is -0.150. The molecule has 16 heavy (non-hydrogen) atoms. The van der Waals surface area contributed by atoms with Crippen LogP contribution in [0.1, 0.15) is 6.92 Å². The summed E-state index contributed by atoms with van der Waals surface area (Å²) in [7, 11) is 7.55. The molecular formula is C11H24NO4+. The summed E-state index contributed by atoms with van der Waals surface area (Å²) in [6.45, 7) is 1.79. The van der Waals surface area contributed by atoms with Crippen LogP contribution < -0.4 is 0 Å². The third-order valence-electron chi connectivity index (χ3n) is 3.37. The molecule has 1 rings (SSSR count). The van der Waals surface area contributed by atoms with Crippen molar-refractivity contribution in [3.63, 3.8) is 0 Å². The zero-order valence-electron chi connectivity index (χ0n) is 10.8. The van der Waals surface area contributed by atoms with Crippen molar-refractivity contribution in [3.05, 3.63) is 0 Å². The van der Waals surface area contributed by atoms with Crippen molar-refractivity contribution in [2.45, 2.75) is 31.5 Å². The fourth-order valence-corrected chi connectivity index (χ4v) is 2.30. The average molecular weight is 234 g/mol. The lowest BCUT2D eigenvalue weighted by molar-refractivity contribution is -0.909. The Balaban J connectivity index is 2.91. The van der Waals surface area contributed by atoms with E-state index in [4.69, 9.17) is 9.47 Å². The van der Waals surface area contributed by atoms with Crippen LogP contribution in [0.3, 0.4) is 0 Å². The first-order chi connectivity index (χ1) is 7.32. The van der Waals surface area contributed by atoms with E-state index in [1.165, 1.54) is 0 Å². The molecule has 5 heteroatoms. The minimum Gasteiger partial charge on any atom is -0.394 e. The molecule has 0 aromatic rings. The van der Waals surface area contributed by atoms with Gasteiger partial charge in [-0.1, -0.05) is 6.92 Å². The highest BCUT2D eigenvalue weighted by Crippen LogP contribution is 2.30. The largest absolute Gasteiger partial charge is 0.394 e. The highest BCUT2D eigenvalue weighted by molar-refractivity contribution is 4.87. The molecule has 1 saturated heterocycles. The third-order valence-corrected chi connectivity index (χ3v) is 3.37. The quantitative estimate of drug-likeness (QED) is 0.642. The summed E-state index contributed by atoms with van der Waals surface area (Å²) in [6.07, 6.45) is -1.39. The van der Waals surface area contributed by atoms with Gasteiger partial charge in [0.1, 0.15) is 6.10 Å². The molecule has 5 atom stereocenters. The van der Waals surface area contributed by atoms with Gasteiger partial charge in [0.05, 0.1) is 33.9 Å². The molecule has 1 aliphatic heterocycles. The number of aliphatic hydroxyl groups is 2. The SMILES string of the molecule is COC1OC(CO)C(C)C(O)C1[N+](C)(C)C. The van der Waals surface area contributed by atoms with Gasteiger partial charge >= 0.3 is 0 Å². The van der Waals surface area contributed by atoms with Crippen molar-refractivity contribution in [1.29, 1.82) is 0 Å². The average Bonchev–Trinajstić information content (AvgIpc) is 2.19. The maximum atomic E-state index is 10.3. The van der Waals surface area contributed by atoms with Crippen molar-refractivity contribution in [2.75, 3.05) is 34.9 Å². The Morgan fingerprint density at radius 3 is 2.25 bits per heavy atom. The number of aliphatic hydroxyl groups excluding tert-OH is 2. The molecular weight excluding hydrogens is 210 g/mol. The van der Waals surface area contributed by atoms with Gasteiger partial charge in [-0.3, -0.25) is 0 Å². The van der Waals surface area contributed by atoms with Gasteiger partial charge in [-0.2, -0.15) is 0 Å². The third kappa shape index (κ3) is 2.55. The molecule has 96 valence electrons. The first-order valence-corrected chi connectivity index (χ1v) is 5.61. The molecule has 2 N–H and O–H groups in total. The van der Waals surface area contributed by atoms with E-state index in [1.807, 2.05) is 28.1 Å². The molecule has 0 saturated carbocycles. The summed E-state index contributed by atoms with van der Waals surface area (Å²) in [4.78, 5) is 0. The molecule has 5 unspecified atom stereocenters. The highest BCUT2D eigenvalue weighted by atomic mass is 16.7. The standard InChI is InChI=1S/C11H24NO4/c1-7-8(6-13)16-11(15-5)9(10(7)14)12(2,3)4/h7-11,13-14H,6H2,1-5H3/q+1. The van der Waals surface area contributed by atoms with Crippen LogP contribution in [-0.4, -0.2) is 74.1 Å². The lowest BCUT2D eigenvalue weighted by Crippen LogP contribution is -2.65. The summed E-state index contributed by atoms with van der Waals surface area (Å²) >= 11 is 0. The monoisotopic (exact) mass is 234 g/mol. The lowest BCUT2D eigenvalue weighted by Gasteiger charge is -2.47. The molecule has 1 heterocycles. The highest BCUT2D eigenvalue weighted by Gasteiger charge is 2.49. The van der Waals surface area contributed by atoms with Crippen molar-refractivity contribution < 1.29 is 24.2 Å². The second-order valence-corrected chi connectivity index (χ2v) is 5.42. The van der Waals surface area contributed by atoms with E-state index in [0.717, 1.165) is 0 Å². The van der Waals surface area contributed by atoms with Gasteiger partial charge in [-0.25, -0.2) is 0 Å². The molecule has 0 bridgehead atoms. The molecule has 5 nitrogen and oxygen atoms in total. The Morgan fingerprint density at radius 1 is 1.31 bits per heavy atom. The summed E-state index contributed by atoms with van der Waals surface area (Å²) in [5.74, 6) is -0.0984. The smallest absolute Gasteiger partial charge is 0.213 e. The van der Waals surface area contributed by atoms with Crippen molar-refractivity contribution in [2.24, 2.45) is 5.92 Å². The Morgan fingerprint density at radius 2 is 1.88 bits per heavy atom. The minimum atomic E-state index is -0.546. The number of ether oxygens (including phenoxy) is 2. The number of hydrogen-bond donors (Lipinski definition) is 2. The van der Waals surface area contributed by atoms with Gasteiger partial charge in [-0.05, 0) is 0 Å². The summed E-state index contributed by atoms with van der Waals surface area (Å²) in [5.41, 5.74) is 0. The minimum absolute atomic E-state index is 0.0953. The van der Waals surface area contributed by atoms with E-state index in [9.17, 15) is 10.2 Å². The maximum absolute atomic E-state index is 10.3. The molecule has 1 aliphatic rings. The molecule has 0 radical (unpaired) electrons. The predicted octanol–water partition coefficient (Wildman–Crippen LogP) is -0.578. The van der Waals surface area contributed by atoms with Crippen LogP contribution in [0.15, 0.2) is 0 Å². The van der Waals surface area contributed by atoms with Crippen LogP contribution in [0.25, 0.3) is 0 Å². The zero-order chi connectivity index (χ0) is 12.5. The second-order valence-electron chi connectivity index (χ2n) is 5.42. The topological polar surface area (TPSA) is 58.9 Å². The van der Waals surface area contributed by atoms with Crippen LogP contribution in [-0.2, 0) is 9.47 Å². The van der Waals surface area contributed by atoms with Crippen LogP contribution in [0.2, 0.25) is 0 Å². The molecule has 0 aromatic heterocycles. The van der Waals surface area contributed by atoms with E-state index < -0.39 is 12.4 Å². The van der Waals surface area contributed by atoms with E-state index in [2.05, 4.69) is 0 Å². The van der Waals surface area contributed by atoms with Gasteiger partial charge in [0.25, 0.3) is 0 Å². The van der Waals surface area contributed by atoms with Crippen molar-refractivity contribution in [3.8, 4) is 0 Å². The van der Waals surface area contributed by atoms with Crippen molar-refractivity contribution in [1.82, 2.24) is 0 Å². The fraction of sp³-hybridized carbons (Fsp3) is 1.00. The molecule has 0 aromatic carbocycles. The van der Waals surface area contributed by atoms with Gasteiger partial charge in [0.2, 0.25) is 6.29 Å². The van der Waals surface area contributed by atoms with E-state index >= 15 is 0 Å². The molecule has 0 amide bonds. The number of hydrogen-bond acceptors (Lipinski definition) is 4. The van der Waals surface area contributed by atoms with Crippen LogP contribution in [0.4, 0.5) is 0 Å². The summed E-state index contributed by atoms with van der Waals surface area (Å²) < 4.78 is 11.5. The zero-order valence-corrected chi connectivity index (χ0v) is 10.8. The summed E-state index contributed by atoms with van der Waals surface area (Å²) in [5, 5.41) is 19.5. The Hall–Kier alpha value is -0.200. The van der Waals surface area contributed by atoms with Gasteiger partial charge in [-0.15, -0.1) is 0 Å². The molecule has 0 aliphatic carbocycles. The first-order valence-electron chi connectivity index (χ1n) is 5.61. The number of methoxy groups -OCH3 is 1. The number of likely N-dealkylation sites (N-methyl/N-ethyl adjacent to an activating group) is 1. The second kappa shape index (κ2) is 4.98. The van der Waals surface area contributed by atoms with E-state index in [-0.39, 0.29) is 24.7 Å². The lowest BCUT2D eigenvalue weighted by atomic mass is 9.88. The van der Waals surface area contributed by atoms with Crippen molar-refractivity contribution >= 4 is 0 Å². The number of nitrogens with zero attached hydrogens (tertiary/aromatic N) is 1. The number of quaternary nitrogens is 1.